The van der Waals surface area contributed by atoms with Gasteiger partial charge in [-0.15, -0.1) is 0 Å². The first-order chi connectivity index (χ1) is 9.47. The van der Waals surface area contributed by atoms with E-state index in [4.69, 9.17) is 17.3 Å². The van der Waals surface area contributed by atoms with Gasteiger partial charge >= 0.3 is 0 Å². The van der Waals surface area contributed by atoms with E-state index in [1.807, 2.05) is 12.1 Å². The van der Waals surface area contributed by atoms with Crippen molar-refractivity contribution in [2.24, 2.45) is 11.7 Å². The van der Waals surface area contributed by atoms with Crippen LogP contribution in [0.2, 0.25) is 5.02 Å². The zero-order valence-electron chi connectivity index (χ0n) is 11.7. The van der Waals surface area contributed by atoms with E-state index in [9.17, 15) is 4.39 Å². The van der Waals surface area contributed by atoms with Gasteiger partial charge in [0.15, 0.2) is 0 Å². The van der Waals surface area contributed by atoms with Crippen LogP contribution in [0.4, 0.5) is 4.39 Å². The van der Waals surface area contributed by atoms with Crippen molar-refractivity contribution >= 4 is 11.6 Å². The highest BCUT2D eigenvalue weighted by molar-refractivity contribution is 6.31. The van der Waals surface area contributed by atoms with Crippen molar-refractivity contribution in [3.63, 3.8) is 0 Å². The molecule has 1 atom stereocenters. The number of rotatable bonds is 4. The van der Waals surface area contributed by atoms with Gasteiger partial charge in [-0.05, 0) is 41.2 Å². The van der Waals surface area contributed by atoms with Gasteiger partial charge in [0.05, 0.1) is 5.02 Å². The Morgan fingerprint density at radius 2 is 1.65 bits per heavy atom. The van der Waals surface area contributed by atoms with Gasteiger partial charge in [0.2, 0.25) is 0 Å². The van der Waals surface area contributed by atoms with Gasteiger partial charge in [-0.1, -0.05) is 55.8 Å². The first-order valence-electron chi connectivity index (χ1n) is 6.77. The lowest BCUT2D eigenvalue weighted by atomic mass is 9.96. The number of hydrogen-bond acceptors (Lipinski definition) is 1. The molecular weight excluding hydrogens is 273 g/mol. The molecule has 0 aromatic heterocycles. The molecule has 0 heterocycles. The molecule has 0 fully saturated rings. The van der Waals surface area contributed by atoms with E-state index in [0.717, 1.165) is 17.5 Å². The van der Waals surface area contributed by atoms with Crippen molar-refractivity contribution in [1.29, 1.82) is 0 Å². The number of nitrogens with two attached hydrogens (primary N) is 1. The predicted octanol–water partition coefficient (Wildman–Crippen LogP) is 4.67. The fourth-order valence-electron chi connectivity index (χ4n) is 2.02. The molecule has 1 nitrogen and oxygen atoms in total. The second-order valence-corrected chi connectivity index (χ2v) is 5.85. The number of benzene rings is 2. The lowest BCUT2D eigenvalue weighted by Gasteiger charge is -2.15. The molecule has 0 amide bonds. The molecule has 0 radical (unpaired) electrons. The molecule has 106 valence electrons. The molecule has 2 N–H and O–H groups in total. The molecule has 1 unspecified atom stereocenters. The Balaban J connectivity index is 2.17. The van der Waals surface area contributed by atoms with Crippen LogP contribution in [0, 0.1) is 11.7 Å². The zero-order valence-corrected chi connectivity index (χ0v) is 12.5. The highest BCUT2D eigenvalue weighted by Crippen LogP contribution is 2.25. The van der Waals surface area contributed by atoms with Crippen molar-refractivity contribution < 1.29 is 4.39 Å². The monoisotopic (exact) mass is 291 g/mol. The highest BCUT2D eigenvalue weighted by Gasteiger charge is 2.09. The Kier molecular flexibility index (Phi) is 4.79. The molecule has 20 heavy (non-hydrogen) atoms. The Morgan fingerprint density at radius 1 is 1.05 bits per heavy atom. The lowest BCUT2D eigenvalue weighted by Crippen LogP contribution is -2.28. The van der Waals surface area contributed by atoms with Crippen molar-refractivity contribution in [3.05, 3.63) is 58.9 Å². The van der Waals surface area contributed by atoms with Crippen molar-refractivity contribution in [3.8, 4) is 11.1 Å². The van der Waals surface area contributed by atoms with Gasteiger partial charge in [0.1, 0.15) is 5.82 Å². The first kappa shape index (κ1) is 15.0. The van der Waals surface area contributed by atoms with E-state index in [1.54, 1.807) is 12.1 Å². The second-order valence-electron chi connectivity index (χ2n) is 5.44. The van der Waals surface area contributed by atoms with Crippen LogP contribution in [-0.2, 0) is 6.42 Å². The van der Waals surface area contributed by atoms with Crippen LogP contribution in [-0.4, -0.2) is 6.04 Å². The van der Waals surface area contributed by atoms with E-state index in [2.05, 4.69) is 26.0 Å². The third-order valence-electron chi connectivity index (χ3n) is 3.53. The second kappa shape index (κ2) is 6.38. The molecule has 2 aromatic carbocycles. The summed E-state index contributed by atoms with van der Waals surface area (Å²) in [5.41, 5.74) is 9.22. The summed E-state index contributed by atoms with van der Waals surface area (Å²) in [7, 11) is 0. The van der Waals surface area contributed by atoms with E-state index >= 15 is 0 Å². The van der Waals surface area contributed by atoms with Gasteiger partial charge in [-0.3, -0.25) is 0 Å². The van der Waals surface area contributed by atoms with Crippen LogP contribution in [0.15, 0.2) is 42.5 Å². The Hall–Kier alpha value is -1.38. The average Bonchev–Trinajstić information content (AvgIpc) is 2.42. The summed E-state index contributed by atoms with van der Waals surface area (Å²) in [5, 5.41) is 0.147. The molecule has 0 aliphatic heterocycles. The van der Waals surface area contributed by atoms with Crippen LogP contribution < -0.4 is 5.73 Å². The molecule has 0 spiro atoms. The van der Waals surface area contributed by atoms with Gasteiger partial charge in [-0.2, -0.15) is 0 Å². The molecule has 0 aliphatic carbocycles. The minimum Gasteiger partial charge on any atom is -0.327 e. The zero-order chi connectivity index (χ0) is 14.7. The summed E-state index contributed by atoms with van der Waals surface area (Å²) < 4.78 is 13.2. The average molecular weight is 292 g/mol. The van der Waals surface area contributed by atoms with Crippen molar-refractivity contribution in [1.82, 2.24) is 0 Å². The first-order valence-corrected chi connectivity index (χ1v) is 7.15. The van der Waals surface area contributed by atoms with Crippen molar-refractivity contribution in [2.45, 2.75) is 26.3 Å². The number of halogens is 2. The van der Waals surface area contributed by atoms with E-state index in [0.29, 0.717) is 5.92 Å². The quantitative estimate of drug-likeness (QED) is 0.870. The molecule has 0 bridgehead atoms. The maximum absolute atomic E-state index is 13.2. The summed E-state index contributed by atoms with van der Waals surface area (Å²) in [6, 6.07) is 13.1. The summed E-state index contributed by atoms with van der Waals surface area (Å²) in [5.74, 6) is 0.0699. The summed E-state index contributed by atoms with van der Waals surface area (Å²) in [6.07, 6.45) is 0.863. The maximum atomic E-state index is 13.2. The SMILES string of the molecule is CC(C)C(N)Cc1ccc(-c2ccc(F)c(Cl)c2)cc1. The van der Waals surface area contributed by atoms with Gasteiger partial charge < -0.3 is 5.73 Å². The maximum Gasteiger partial charge on any atom is 0.141 e. The lowest BCUT2D eigenvalue weighted by molar-refractivity contribution is 0.490. The molecule has 2 rings (SSSR count). The van der Waals surface area contributed by atoms with E-state index in [-0.39, 0.29) is 11.1 Å². The van der Waals surface area contributed by atoms with Gasteiger partial charge in [0, 0.05) is 6.04 Å². The highest BCUT2D eigenvalue weighted by atomic mass is 35.5. The van der Waals surface area contributed by atoms with Crippen molar-refractivity contribution in [2.75, 3.05) is 0 Å². The fraction of sp³-hybridized carbons (Fsp3) is 0.294. The van der Waals surface area contributed by atoms with Crippen LogP contribution in [0.5, 0.6) is 0 Å². The molecule has 0 aliphatic rings. The minimum absolute atomic E-state index is 0.147. The third-order valence-corrected chi connectivity index (χ3v) is 3.82. The summed E-state index contributed by atoms with van der Waals surface area (Å²) >= 11 is 5.81. The van der Waals surface area contributed by atoms with Crippen LogP contribution >= 0.6 is 11.6 Å². The topological polar surface area (TPSA) is 26.0 Å². The minimum atomic E-state index is -0.394. The largest absolute Gasteiger partial charge is 0.327 e. The van der Waals surface area contributed by atoms with E-state index < -0.39 is 5.82 Å². The Bertz CT molecular complexity index is 578. The molecule has 0 saturated carbocycles. The predicted molar refractivity (Wildman–Crippen MR) is 83.4 cm³/mol. The van der Waals surface area contributed by atoms with Crippen LogP contribution in [0.25, 0.3) is 11.1 Å². The van der Waals surface area contributed by atoms with E-state index in [1.165, 1.54) is 11.6 Å². The van der Waals surface area contributed by atoms with Gasteiger partial charge in [-0.25, -0.2) is 4.39 Å². The standard InChI is InChI=1S/C17H19ClFN/c1-11(2)17(20)9-12-3-5-13(6-4-12)14-7-8-16(19)15(18)10-14/h3-8,10-11,17H,9,20H2,1-2H3. The summed E-state index contributed by atoms with van der Waals surface area (Å²) in [6.45, 7) is 4.25. The molecule has 3 heteroatoms. The Morgan fingerprint density at radius 3 is 2.20 bits per heavy atom. The van der Waals surface area contributed by atoms with Crippen LogP contribution in [0.1, 0.15) is 19.4 Å². The number of hydrogen-bond donors (Lipinski definition) is 1. The van der Waals surface area contributed by atoms with Crippen LogP contribution in [0.3, 0.4) is 0 Å². The van der Waals surface area contributed by atoms with Gasteiger partial charge in [0.25, 0.3) is 0 Å². The summed E-state index contributed by atoms with van der Waals surface area (Å²) in [4.78, 5) is 0. The fourth-order valence-corrected chi connectivity index (χ4v) is 2.20. The Labute approximate surface area is 124 Å². The molecule has 0 saturated heterocycles. The normalized spacial score (nSPS) is 12.7. The third kappa shape index (κ3) is 3.59. The molecular formula is C17H19ClFN. The molecule has 2 aromatic rings. The smallest absolute Gasteiger partial charge is 0.141 e.